The van der Waals surface area contributed by atoms with E-state index in [0.717, 1.165) is 23.5 Å². The van der Waals surface area contributed by atoms with E-state index in [9.17, 15) is 8.42 Å². The van der Waals surface area contributed by atoms with Crippen molar-refractivity contribution in [3.63, 3.8) is 0 Å². The molecule has 3 N–H and O–H groups in total. The molecule has 1 aromatic rings. The Bertz CT molecular complexity index is 557. The molecule has 1 unspecified atom stereocenters. The smallest absolute Gasteiger partial charge is 0.241 e. The van der Waals surface area contributed by atoms with Gasteiger partial charge in [0.25, 0.3) is 0 Å². The molecule has 1 atom stereocenters. The van der Waals surface area contributed by atoms with Gasteiger partial charge in [-0.15, -0.1) is 0 Å². The maximum Gasteiger partial charge on any atom is 0.241 e. The number of rotatable bonds is 7. The van der Waals surface area contributed by atoms with Crippen LogP contribution in [0.5, 0.6) is 0 Å². The Labute approximate surface area is 126 Å². The molecule has 0 aromatic heterocycles. The van der Waals surface area contributed by atoms with E-state index in [1.807, 2.05) is 18.7 Å². The molecule has 1 aromatic carbocycles. The predicted octanol–water partition coefficient (Wildman–Crippen LogP) is 2.70. The number of sulfonamides is 1. The fourth-order valence-corrected chi connectivity index (χ4v) is 4.63. The fraction of sp³-hybridized carbons (Fsp3) is 0.571. The molecular weight excluding hydrogens is 292 g/mol. The second-order valence-corrected chi connectivity index (χ2v) is 7.98. The molecule has 20 heavy (non-hydrogen) atoms. The molecule has 0 aliphatic carbocycles. The normalized spacial score (nSPS) is 13.4. The summed E-state index contributed by atoms with van der Waals surface area (Å²) < 4.78 is 27.7. The van der Waals surface area contributed by atoms with Crippen LogP contribution in [0.3, 0.4) is 0 Å². The first-order valence-electron chi connectivity index (χ1n) is 6.75. The maximum absolute atomic E-state index is 12.5. The molecule has 1 rings (SSSR count). The van der Waals surface area contributed by atoms with E-state index in [2.05, 4.69) is 11.6 Å². The molecule has 0 radical (unpaired) electrons. The van der Waals surface area contributed by atoms with Crippen LogP contribution < -0.4 is 10.5 Å². The molecule has 6 heteroatoms. The van der Waals surface area contributed by atoms with Crippen molar-refractivity contribution < 1.29 is 8.42 Å². The Balaban J connectivity index is 2.92. The first kappa shape index (κ1) is 17.3. The summed E-state index contributed by atoms with van der Waals surface area (Å²) in [6.45, 7) is 7.52. The largest absolute Gasteiger partial charge is 0.398 e. The van der Waals surface area contributed by atoms with Crippen molar-refractivity contribution in [3.05, 3.63) is 23.3 Å². The lowest BCUT2D eigenvalue weighted by Gasteiger charge is -2.17. The van der Waals surface area contributed by atoms with Crippen molar-refractivity contribution >= 4 is 27.5 Å². The quantitative estimate of drug-likeness (QED) is 0.599. The zero-order valence-electron chi connectivity index (χ0n) is 12.6. The summed E-state index contributed by atoms with van der Waals surface area (Å²) in [5.41, 5.74) is 7.66. The minimum Gasteiger partial charge on any atom is -0.398 e. The van der Waals surface area contributed by atoms with Crippen molar-refractivity contribution in [2.24, 2.45) is 0 Å². The number of aryl methyl sites for hydroxylation is 1. The minimum atomic E-state index is -3.52. The van der Waals surface area contributed by atoms with Crippen LogP contribution >= 0.6 is 11.8 Å². The third kappa shape index (κ3) is 4.40. The summed E-state index contributed by atoms with van der Waals surface area (Å²) in [6.07, 6.45) is 0.818. The third-order valence-corrected chi connectivity index (χ3v) is 5.98. The number of nitrogens with one attached hydrogen (secondary N) is 1. The number of nitrogens with two attached hydrogens (primary N) is 1. The molecule has 4 nitrogen and oxygen atoms in total. The van der Waals surface area contributed by atoms with Gasteiger partial charge in [0.2, 0.25) is 10.0 Å². The SMILES string of the molecule is CCSCCC(C)NS(=O)(=O)c1c(C)ccc(N)c1C. The number of benzene rings is 1. The highest BCUT2D eigenvalue weighted by molar-refractivity contribution is 7.99. The Morgan fingerprint density at radius 1 is 1.35 bits per heavy atom. The fourth-order valence-electron chi connectivity index (χ4n) is 2.04. The lowest BCUT2D eigenvalue weighted by molar-refractivity contribution is 0.556. The number of nitrogen functional groups attached to an aromatic ring is 1. The van der Waals surface area contributed by atoms with Gasteiger partial charge in [0.05, 0.1) is 4.90 Å². The van der Waals surface area contributed by atoms with Crippen LogP contribution in [-0.2, 0) is 10.0 Å². The van der Waals surface area contributed by atoms with E-state index in [1.54, 1.807) is 26.0 Å². The second-order valence-electron chi connectivity index (χ2n) is 4.93. The number of hydrogen-bond donors (Lipinski definition) is 2. The molecule has 0 aliphatic rings. The van der Waals surface area contributed by atoms with Crippen molar-refractivity contribution in [2.45, 2.75) is 45.1 Å². The van der Waals surface area contributed by atoms with E-state index in [1.165, 1.54) is 0 Å². The van der Waals surface area contributed by atoms with Crippen LogP contribution in [0.25, 0.3) is 0 Å². The van der Waals surface area contributed by atoms with Crippen LogP contribution in [0, 0.1) is 13.8 Å². The van der Waals surface area contributed by atoms with Crippen molar-refractivity contribution in [1.29, 1.82) is 0 Å². The van der Waals surface area contributed by atoms with E-state index in [-0.39, 0.29) is 6.04 Å². The summed E-state index contributed by atoms with van der Waals surface area (Å²) in [5.74, 6) is 2.00. The first-order chi connectivity index (χ1) is 9.29. The van der Waals surface area contributed by atoms with Crippen LogP contribution in [0.15, 0.2) is 17.0 Å². The highest BCUT2D eigenvalue weighted by Crippen LogP contribution is 2.25. The molecule has 0 saturated heterocycles. The highest BCUT2D eigenvalue weighted by atomic mass is 32.2. The molecule has 0 fully saturated rings. The third-order valence-electron chi connectivity index (χ3n) is 3.17. The van der Waals surface area contributed by atoms with Gasteiger partial charge in [-0.05, 0) is 55.9 Å². The van der Waals surface area contributed by atoms with Crippen molar-refractivity contribution in [1.82, 2.24) is 4.72 Å². The minimum absolute atomic E-state index is 0.0840. The molecule has 114 valence electrons. The van der Waals surface area contributed by atoms with Gasteiger partial charge >= 0.3 is 0 Å². The maximum atomic E-state index is 12.5. The van der Waals surface area contributed by atoms with Crippen LogP contribution in [0.2, 0.25) is 0 Å². The first-order valence-corrected chi connectivity index (χ1v) is 9.39. The Kier molecular flexibility index (Phi) is 6.36. The molecule has 0 heterocycles. The zero-order valence-corrected chi connectivity index (χ0v) is 14.2. The molecule has 0 bridgehead atoms. The van der Waals surface area contributed by atoms with Crippen molar-refractivity contribution in [2.75, 3.05) is 17.2 Å². The molecule has 0 saturated carbocycles. The van der Waals surface area contributed by atoms with E-state index < -0.39 is 10.0 Å². The lowest BCUT2D eigenvalue weighted by Crippen LogP contribution is -2.34. The molecule has 0 aliphatic heterocycles. The van der Waals surface area contributed by atoms with Crippen LogP contribution in [0.4, 0.5) is 5.69 Å². The average molecular weight is 316 g/mol. The standard InChI is InChI=1S/C14H24N2O2S2/c1-5-19-9-8-11(3)16-20(17,18)14-10(2)6-7-13(15)12(14)4/h6-7,11,16H,5,8-9,15H2,1-4H3. The van der Waals surface area contributed by atoms with Gasteiger partial charge < -0.3 is 5.73 Å². The van der Waals surface area contributed by atoms with Gasteiger partial charge in [-0.1, -0.05) is 13.0 Å². The monoisotopic (exact) mass is 316 g/mol. The zero-order chi connectivity index (χ0) is 15.3. The van der Waals surface area contributed by atoms with E-state index >= 15 is 0 Å². The number of anilines is 1. The molecular formula is C14H24N2O2S2. The van der Waals surface area contributed by atoms with Gasteiger partial charge in [0.1, 0.15) is 0 Å². The molecule has 0 amide bonds. The van der Waals surface area contributed by atoms with Crippen molar-refractivity contribution in [3.8, 4) is 0 Å². The number of thioether (sulfide) groups is 1. The summed E-state index contributed by atoms with van der Waals surface area (Å²) in [5, 5.41) is 0. The van der Waals surface area contributed by atoms with Gasteiger partial charge in [-0.2, -0.15) is 11.8 Å². The van der Waals surface area contributed by atoms with Crippen LogP contribution in [-0.4, -0.2) is 26.0 Å². The van der Waals surface area contributed by atoms with Gasteiger partial charge in [-0.25, -0.2) is 13.1 Å². The molecule has 0 spiro atoms. The van der Waals surface area contributed by atoms with Crippen LogP contribution in [0.1, 0.15) is 31.4 Å². The Hall–Kier alpha value is -0.720. The number of hydrogen-bond acceptors (Lipinski definition) is 4. The van der Waals surface area contributed by atoms with Gasteiger partial charge in [0.15, 0.2) is 0 Å². The second kappa shape index (κ2) is 7.33. The predicted molar refractivity (Wildman–Crippen MR) is 87.7 cm³/mol. The summed E-state index contributed by atoms with van der Waals surface area (Å²) in [7, 11) is -3.52. The topological polar surface area (TPSA) is 72.2 Å². The van der Waals surface area contributed by atoms with Gasteiger partial charge in [-0.3, -0.25) is 0 Å². The average Bonchev–Trinajstić information content (AvgIpc) is 2.33. The summed E-state index contributed by atoms with van der Waals surface area (Å²) in [6, 6.07) is 3.40. The van der Waals surface area contributed by atoms with E-state index in [4.69, 9.17) is 5.73 Å². The summed E-state index contributed by atoms with van der Waals surface area (Å²) >= 11 is 1.81. The summed E-state index contributed by atoms with van der Waals surface area (Å²) in [4.78, 5) is 0.312. The lowest BCUT2D eigenvalue weighted by atomic mass is 10.1. The Morgan fingerprint density at radius 3 is 2.60 bits per heavy atom. The Morgan fingerprint density at radius 2 is 2.00 bits per heavy atom. The highest BCUT2D eigenvalue weighted by Gasteiger charge is 2.22. The van der Waals surface area contributed by atoms with Gasteiger partial charge in [0, 0.05) is 11.7 Å². The van der Waals surface area contributed by atoms with E-state index in [0.29, 0.717) is 16.1 Å².